The van der Waals surface area contributed by atoms with Crippen molar-refractivity contribution in [2.24, 2.45) is 5.92 Å². The first-order valence-corrected chi connectivity index (χ1v) is 9.91. The maximum absolute atomic E-state index is 13.9. The van der Waals surface area contributed by atoms with Crippen LogP contribution < -0.4 is 10.2 Å². The summed E-state index contributed by atoms with van der Waals surface area (Å²) in [6.07, 6.45) is 0.861. The van der Waals surface area contributed by atoms with E-state index in [2.05, 4.69) is 5.32 Å². The predicted molar refractivity (Wildman–Crippen MR) is 95.0 cm³/mol. The van der Waals surface area contributed by atoms with Crippen LogP contribution in [0.1, 0.15) is 6.42 Å². The number of carbonyl (C=O) groups excluding carboxylic acids is 2. The molecule has 6 nitrogen and oxygen atoms in total. The Balaban J connectivity index is 1.79. The molecule has 3 rings (SSSR count). The van der Waals surface area contributed by atoms with Crippen LogP contribution in [0.5, 0.6) is 0 Å². The molecule has 1 saturated heterocycles. The van der Waals surface area contributed by atoms with Crippen LogP contribution in [-0.4, -0.2) is 33.0 Å². The standard InChI is InChI=1S/C18H16F2N2O4S/c1-27(25,26)16-5-3-2-4-14(16)21-18(24)11-8-17(23)22(10-11)15-7-6-12(19)9-13(15)20/h2-7,9,11H,8,10H2,1H3,(H,21,24). The lowest BCUT2D eigenvalue weighted by atomic mass is 10.1. The largest absolute Gasteiger partial charge is 0.325 e. The van der Waals surface area contributed by atoms with Gasteiger partial charge in [-0.1, -0.05) is 12.1 Å². The molecule has 1 aliphatic rings. The van der Waals surface area contributed by atoms with Gasteiger partial charge in [-0.05, 0) is 24.3 Å². The summed E-state index contributed by atoms with van der Waals surface area (Å²) in [5, 5.41) is 2.52. The second-order valence-corrected chi connectivity index (χ2v) is 8.24. The molecule has 1 unspecified atom stereocenters. The van der Waals surface area contributed by atoms with Crippen molar-refractivity contribution in [1.82, 2.24) is 0 Å². The van der Waals surface area contributed by atoms with Crippen LogP contribution in [0.15, 0.2) is 47.4 Å². The minimum absolute atomic E-state index is 0.0379. The number of anilines is 2. The van der Waals surface area contributed by atoms with Crippen LogP contribution in [0.25, 0.3) is 0 Å². The van der Waals surface area contributed by atoms with E-state index in [4.69, 9.17) is 0 Å². The molecule has 1 fully saturated rings. The monoisotopic (exact) mass is 394 g/mol. The van der Waals surface area contributed by atoms with E-state index in [1.54, 1.807) is 6.07 Å². The zero-order valence-corrected chi connectivity index (χ0v) is 15.1. The third-order valence-corrected chi connectivity index (χ3v) is 5.40. The van der Waals surface area contributed by atoms with Crippen molar-refractivity contribution in [3.8, 4) is 0 Å². The summed E-state index contributed by atoms with van der Waals surface area (Å²) in [7, 11) is -3.55. The highest BCUT2D eigenvalue weighted by molar-refractivity contribution is 7.90. The van der Waals surface area contributed by atoms with Gasteiger partial charge >= 0.3 is 0 Å². The van der Waals surface area contributed by atoms with Crippen LogP contribution in [0.4, 0.5) is 20.2 Å². The van der Waals surface area contributed by atoms with Gasteiger partial charge in [0, 0.05) is 25.3 Å². The molecule has 27 heavy (non-hydrogen) atoms. The lowest BCUT2D eigenvalue weighted by Crippen LogP contribution is -2.29. The Kier molecular flexibility index (Phi) is 4.97. The summed E-state index contributed by atoms with van der Waals surface area (Å²) in [6.45, 7) is -0.0890. The van der Waals surface area contributed by atoms with Crippen molar-refractivity contribution in [2.45, 2.75) is 11.3 Å². The fraction of sp³-hybridized carbons (Fsp3) is 0.222. The number of amides is 2. The molecule has 2 amide bonds. The number of carbonyl (C=O) groups is 2. The Morgan fingerprint density at radius 2 is 1.89 bits per heavy atom. The van der Waals surface area contributed by atoms with Gasteiger partial charge in [0.25, 0.3) is 0 Å². The normalized spacial score (nSPS) is 17.2. The molecule has 0 saturated carbocycles. The maximum Gasteiger partial charge on any atom is 0.229 e. The van der Waals surface area contributed by atoms with Crippen molar-refractivity contribution in [1.29, 1.82) is 0 Å². The summed E-state index contributed by atoms with van der Waals surface area (Å²) >= 11 is 0. The molecule has 0 spiro atoms. The van der Waals surface area contributed by atoms with E-state index in [0.29, 0.717) is 6.07 Å². The van der Waals surface area contributed by atoms with Gasteiger partial charge in [0.1, 0.15) is 11.6 Å². The van der Waals surface area contributed by atoms with E-state index in [1.165, 1.54) is 18.2 Å². The highest BCUT2D eigenvalue weighted by Crippen LogP contribution is 2.29. The summed E-state index contributed by atoms with van der Waals surface area (Å²) < 4.78 is 50.6. The third kappa shape index (κ3) is 3.97. The molecule has 2 aromatic carbocycles. The van der Waals surface area contributed by atoms with Crippen LogP contribution in [0.2, 0.25) is 0 Å². The number of benzene rings is 2. The second-order valence-electron chi connectivity index (χ2n) is 6.26. The molecule has 1 heterocycles. The van der Waals surface area contributed by atoms with E-state index in [1.807, 2.05) is 0 Å². The average molecular weight is 394 g/mol. The fourth-order valence-electron chi connectivity index (χ4n) is 2.94. The first-order chi connectivity index (χ1) is 12.7. The van der Waals surface area contributed by atoms with E-state index in [-0.39, 0.29) is 29.2 Å². The molecule has 1 atom stereocenters. The SMILES string of the molecule is CS(=O)(=O)c1ccccc1NC(=O)C1CC(=O)N(c2ccc(F)cc2F)C1. The van der Waals surface area contributed by atoms with Crippen molar-refractivity contribution in [3.63, 3.8) is 0 Å². The topological polar surface area (TPSA) is 83.5 Å². The molecule has 9 heteroatoms. The number of nitrogens with one attached hydrogen (secondary N) is 1. The van der Waals surface area contributed by atoms with Crippen molar-refractivity contribution < 1.29 is 26.8 Å². The van der Waals surface area contributed by atoms with Gasteiger partial charge in [0.2, 0.25) is 11.8 Å². The smallest absolute Gasteiger partial charge is 0.229 e. The van der Waals surface area contributed by atoms with Crippen LogP contribution in [-0.2, 0) is 19.4 Å². The number of hydrogen-bond acceptors (Lipinski definition) is 4. The molecular formula is C18H16F2N2O4S. The molecule has 1 N–H and O–H groups in total. The Morgan fingerprint density at radius 3 is 2.56 bits per heavy atom. The second kappa shape index (κ2) is 7.07. The lowest BCUT2D eigenvalue weighted by Gasteiger charge is -2.17. The zero-order valence-electron chi connectivity index (χ0n) is 14.3. The van der Waals surface area contributed by atoms with E-state index in [0.717, 1.165) is 23.3 Å². The minimum atomic E-state index is -3.55. The average Bonchev–Trinajstić information content (AvgIpc) is 2.96. The summed E-state index contributed by atoms with van der Waals surface area (Å²) in [6, 6.07) is 8.75. The van der Waals surface area contributed by atoms with Crippen LogP contribution in [0, 0.1) is 17.6 Å². The Labute approximate surface area is 154 Å². The van der Waals surface area contributed by atoms with Crippen molar-refractivity contribution >= 4 is 33.0 Å². The summed E-state index contributed by atoms with van der Waals surface area (Å²) in [5.74, 6) is -3.49. The molecule has 0 aromatic heterocycles. The molecular weight excluding hydrogens is 378 g/mol. The van der Waals surface area contributed by atoms with Gasteiger partial charge in [0.05, 0.1) is 22.2 Å². The molecule has 0 aliphatic carbocycles. The highest BCUT2D eigenvalue weighted by atomic mass is 32.2. The highest BCUT2D eigenvalue weighted by Gasteiger charge is 2.36. The van der Waals surface area contributed by atoms with Gasteiger partial charge in [-0.15, -0.1) is 0 Å². The van der Waals surface area contributed by atoms with Gasteiger partial charge in [-0.3, -0.25) is 9.59 Å². The predicted octanol–water partition coefficient (Wildman–Crippen LogP) is 2.36. The fourth-order valence-corrected chi connectivity index (χ4v) is 3.79. The van der Waals surface area contributed by atoms with E-state index >= 15 is 0 Å². The number of rotatable bonds is 4. The van der Waals surface area contributed by atoms with Gasteiger partial charge in [-0.2, -0.15) is 0 Å². The Bertz CT molecular complexity index is 1020. The first-order valence-electron chi connectivity index (χ1n) is 8.02. The number of sulfone groups is 1. The quantitative estimate of drug-likeness (QED) is 0.863. The van der Waals surface area contributed by atoms with E-state index < -0.39 is 39.2 Å². The number of halogens is 2. The van der Waals surface area contributed by atoms with E-state index in [9.17, 15) is 26.8 Å². The van der Waals surface area contributed by atoms with Crippen molar-refractivity contribution in [3.05, 3.63) is 54.1 Å². The lowest BCUT2D eigenvalue weighted by molar-refractivity contribution is -0.122. The third-order valence-electron chi connectivity index (χ3n) is 4.24. The van der Waals surface area contributed by atoms with Crippen LogP contribution >= 0.6 is 0 Å². The van der Waals surface area contributed by atoms with Gasteiger partial charge in [0.15, 0.2) is 9.84 Å². The summed E-state index contributed by atoms with van der Waals surface area (Å²) in [5.41, 5.74) is 0.0112. The first kappa shape index (κ1) is 19.0. The number of hydrogen-bond donors (Lipinski definition) is 1. The molecule has 142 valence electrons. The maximum atomic E-state index is 13.9. The van der Waals surface area contributed by atoms with Crippen molar-refractivity contribution in [2.75, 3.05) is 23.0 Å². The number of para-hydroxylation sites is 1. The molecule has 0 radical (unpaired) electrons. The molecule has 2 aromatic rings. The van der Waals surface area contributed by atoms with Gasteiger partial charge < -0.3 is 10.2 Å². The summed E-state index contributed by atoms with van der Waals surface area (Å²) in [4.78, 5) is 25.8. The van der Waals surface area contributed by atoms with Gasteiger partial charge in [-0.25, -0.2) is 17.2 Å². The molecule has 0 bridgehead atoms. The number of nitrogens with zero attached hydrogens (tertiary/aromatic N) is 1. The minimum Gasteiger partial charge on any atom is -0.325 e. The zero-order chi connectivity index (χ0) is 19.8. The van der Waals surface area contributed by atoms with Crippen LogP contribution in [0.3, 0.4) is 0 Å². The molecule has 1 aliphatic heterocycles. The Hall–Kier alpha value is -2.81. The Morgan fingerprint density at radius 1 is 1.19 bits per heavy atom.